The van der Waals surface area contributed by atoms with Crippen molar-refractivity contribution < 1.29 is 9.47 Å². The smallest absolute Gasteiger partial charge is 0.165 e. The van der Waals surface area contributed by atoms with Crippen molar-refractivity contribution in [3.8, 4) is 17.1 Å². The van der Waals surface area contributed by atoms with Crippen LogP contribution in [0.25, 0.3) is 28.1 Å². The molecule has 1 saturated heterocycles. The normalized spacial score (nSPS) is 15.3. The van der Waals surface area contributed by atoms with Crippen molar-refractivity contribution in [3.63, 3.8) is 0 Å². The Kier molecular flexibility index (Phi) is 4.60. The van der Waals surface area contributed by atoms with Crippen molar-refractivity contribution in [3.05, 3.63) is 52.9 Å². The maximum atomic E-state index is 6.59. The van der Waals surface area contributed by atoms with Crippen molar-refractivity contribution in [1.29, 1.82) is 0 Å². The molecule has 1 fully saturated rings. The molecule has 0 unspecified atom stereocenters. The van der Waals surface area contributed by atoms with Gasteiger partial charge in [0, 0.05) is 24.1 Å². The van der Waals surface area contributed by atoms with E-state index in [1.54, 1.807) is 0 Å². The van der Waals surface area contributed by atoms with Crippen LogP contribution in [0, 0.1) is 13.8 Å². The number of nitrogens with zero attached hydrogens (tertiary/aromatic N) is 4. The maximum Gasteiger partial charge on any atom is 0.165 e. The summed E-state index contributed by atoms with van der Waals surface area (Å²) in [6.07, 6.45) is 3.77. The number of hydrogen-bond acceptors (Lipinski definition) is 5. The minimum absolute atomic E-state index is 0.159. The first-order chi connectivity index (χ1) is 14.1. The quantitative estimate of drug-likeness (QED) is 0.488. The number of pyridine rings is 1. The highest BCUT2D eigenvalue weighted by atomic mass is 35.5. The largest absolute Gasteiger partial charge is 0.490 e. The predicted molar refractivity (Wildman–Crippen MR) is 113 cm³/mol. The number of rotatable bonds is 3. The second kappa shape index (κ2) is 7.28. The third-order valence-corrected chi connectivity index (χ3v) is 5.61. The molecular weight excluding hydrogens is 388 g/mol. The molecule has 7 heteroatoms. The standard InChI is InChI=1S/C22H21ClN4O2/c1-13-3-6-19-22(25-13)27-20(14(2)26-19)12-24-21(27)17-11-16(4-5-18(17)23)29-15-7-9-28-10-8-15/h3-6,11-12,15H,7-10H2,1-2H3. The summed E-state index contributed by atoms with van der Waals surface area (Å²) < 4.78 is 13.6. The van der Waals surface area contributed by atoms with E-state index in [2.05, 4.69) is 9.97 Å². The van der Waals surface area contributed by atoms with Gasteiger partial charge in [0.05, 0.1) is 35.6 Å². The van der Waals surface area contributed by atoms with Crippen molar-refractivity contribution >= 4 is 28.3 Å². The van der Waals surface area contributed by atoms with Gasteiger partial charge in [-0.15, -0.1) is 0 Å². The van der Waals surface area contributed by atoms with Crippen LogP contribution < -0.4 is 4.74 Å². The average molecular weight is 409 g/mol. The fourth-order valence-electron chi connectivity index (χ4n) is 3.77. The van der Waals surface area contributed by atoms with Gasteiger partial charge in [0.15, 0.2) is 5.65 Å². The highest BCUT2D eigenvalue weighted by Gasteiger charge is 2.19. The molecule has 0 saturated carbocycles. The summed E-state index contributed by atoms with van der Waals surface area (Å²) in [5.41, 5.74) is 5.14. The number of aromatic nitrogens is 4. The fourth-order valence-corrected chi connectivity index (χ4v) is 3.97. The van der Waals surface area contributed by atoms with E-state index in [1.165, 1.54) is 0 Å². The van der Waals surface area contributed by atoms with E-state index < -0.39 is 0 Å². The zero-order valence-electron chi connectivity index (χ0n) is 16.4. The van der Waals surface area contributed by atoms with Gasteiger partial charge in [0.1, 0.15) is 23.2 Å². The summed E-state index contributed by atoms with van der Waals surface area (Å²) in [5.74, 6) is 1.52. The number of benzene rings is 1. The number of fused-ring (bicyclic) bond motifs is 3. The Bertz CT molecular complexity index is 1210. The van der Waals surface area contributed by atoms with Crippen LogP contribution in [0.15, 0.2) is 36.5 Å². The molecule has 0 spiro atoms. The van der Waals surface area contributed by atoms with Crippen molar-refractivity contribution in [2.24, 2.45) is 0 Å². The molecule has 4 heterocycles. The molecule has 148 valence electrons. The topological polar surface area (TPSA) is 61.5 Å². The molecule has 29 heavy (non-hydrogen) atoms. The van der Waals surface area contributed by atoms with E-state index >= 15 is 0 Å². The minimum atomic E-state index is 0.159. The number of aryl methyl sites for hydroxylation is 2. The van der Waals surface area contributed by atoms with E-state index in [0.717, 1.165) is 71.3 Å². The monoisotopic (exact) mass is 408 g/mol. The first-order valence-corrected chi connectivity index (χ1v) is 10.1. The van der Waals surface area contributed by atoms with Gasteiger partial charge in [0.2, 0.25) is 0 Å². The third-order valence-electron chi connectivity index (χ3n) is 5.28. The van der Waals surface area contributed by atoms with Crippen LogP contribution in [-0.4, -0.2) is 38.7 Å². The number of halogens is 1. The van der Waals surface area contributed by atoms with Crippen LogP contribution in [0.1, 0.15) is 24.2 Å². The molecule has 3 aromatic heterocycles. The average Bonchev–Trinajstić information content (AvgIpc) is 3.17. The Morgan fingerprint density at radius 1 is 1.10 bits per heavy atom. The van der Waals surface area contributed by atoms with Crippen LogP contribution in [0.4, 0.5) is 0 Å². The maximum absolute atomic E-state index is 6.59. The highest BCUT2D eigenvalue weighted by Crippen LogP contribution is 2.33. The van der Waals surface area contributed by atoms with Crippen LogP contribution in [0.2, 0.25) is 5.02 Å². The molecule has 1 aromatic carbocycles. The molecular formula is C22H21ClN4O2. The summed E-state index contributed by atoms with van der Waals surface area (Å²) in [6.45, 7) is 5.42. The Hall–Kier alpha value is -2.70. The van der Waals surface area contributed by atoms with Gasteiger partial charge in [-0.2, -0.15) is 0 Å². The SMILES string of the molecule is Cc1ccc2nc(C)c3cnc(-c4cc(OC5CCOCC5)ccc4Cl)n3c2n1. The lowest BCUT2D eigenvalue weighted by molar-refractivity contribution is 0.0256. The summed E-state index contributed by atoms with van der Waals surface area (Å²) >= 11 is 6.59. The molecule has 0 amide bonds. The zero-order valence-corrected chi connectivity index (χ0v) is 17.1. The second-order valence-electron chi connectivity index (χ2n) is 7.37. The van der Waals surface area contributed by atoms with Crippen LogP contribution in [-0.2, 0) is 4.74 Å². The van der Waals surface area contributed by atoms with Crippen LogP contribution in [0.3, 0.4) is 0 Å². The Morgan fingerprint density at radius 3 is 2.76 bits per heavy atom. The molecule has 0 N–H and O–H groups in total. The van der Waals surface area contributed by atoms with E-state index in [1.807, 2.05) is 54.8 Å². The summed E-state index contributed by atoms with van der Waals surface area (Å²) in [5, 5.41) is 0.618. The van der Waals surface area contributed by atoms with Crippen molar-refractivity contribution in [2.75, 3.05) is 13.2 Å². The summed E-state index contributed by atoms with van der Waals surface area (Å²) in [4.78, 5) is 14.1. The van der Waals surface area contributed by atoms with E-state index in [-0.39, 0.29) is 6.10 Å². The minimum Gasteiger partial charge on any atom is -0.490 e. The van der Waals surface area contributed by atoms with Crippen LogP contribution >= 0.6 is 11.6 Å². The number of ether oxygens (including phenoxy) is 2. The molecule has 0 aliphatic carbocycles. The van der Waals surface area contributed by atoms with Gasteiger partial charge in [-0.25, -0.2) is 15.0 Å². The summed E-state index contributed by atoms with van der Waals surface area (Å²) in [6, 6.07) is 9.68. The van der Waals surface area contributed by atoms with Crippen LogP contribution in [0.5, 0.6) is 5.75 Å². The molecule has 1 aliphatic heterocycles. The van der Waals surface area contributed by atoms with Gasteiger partial charge >= 0.3 is 0 Å². The summed E-state index contributed by atoms with van der Waals surface area (Å²) in [7, 11) is 0. The molecule has 0 atom stereocenters. The Morgan fingerprint density at radius 2 is 1.93 bits per heavy atom. The van der Waals surface area contributed by atoms with Gasteiger partial charge < -0.3 is 9.47 Å². The number of imidazole rings is 1. The van der Waals surface area contributed by atoms with Crippen molar-refractivity contribution in [2.45, 2.75) is 32.8 Å². The van der Waals surface area contributed by atoms with E-state index in [0.29, 0.717) is 5.02 Å². The fraction of sp³-hybridized carbons (Fsp3) is 0.318. The predicted octanol–water partition coefficient (Wildman–Crippen LogP) is 4.77. The molecule has 0 bridgehead atoms. The first kappa shape index (κ1) is 18.3. The van der Waals surface area contributed by atoms with E-state index in [9.17, 15) is 0 Å². The first-order valence-electron chi connectivity index (χ1n) is 9.76. The Labute approximate surface area is 173 Å². The Balaban J connectivity index is 1.66. The number of hydrogen-bond donors (Lipinski definition) is 0. The highest BCUT2D eigenvalue weighted by molar-refractivity contribution is 6.33. The molecule has 6 nitrogen and oxygen atoms in total. The van der Waals surface area contributed by atoms with Crippen molar-refractivity contribution in [1.82, 2.24) is 19.4 Å². The van der Waals surface area contributed by atoms with Gasteiger partial charge in [-0.3, -0.25) is 4.40 Å². The lowest BCUT2D eigenvalue weighted by Gasteiger charge is -2.23. The lowest BCUT2D eigenvalue weighted by atomic mass is 10.1. The van der Waals surface area contributed by atoms with Gasteiger partial charge in [-0.1, -0.05) is 11.6 Å². The molecule has 0 radical (unpaired) electrons. The lowest BCUT2D eigenvalue weighted by Crippen LogP contribution is -2.25. The second-order valence-corrected chi connectivity index (χ2v) is 7.77. The molecule has 5 rings (SSSR count). The third kappa shape index (κ3) is 3.32. The molecule has 1 aliphatic rings. The molecule has 4 aromatic rings. The van der Waals surface area contributed by atoms with E-state index in [4.69, 9.17) is 26.1 Å². The van der Waals surface area contributed by atoms with Gasteiger partial charge in [0.25, 0.3) is 0 Å². The zero-order chi connectivity index (χ0) is 20.0. The van der Waals surface area contributed by atoms with Gasteiger partial charge in [-0.05, 0) is 44.2 Å².